The lowest BCUT2D eigenvalue weighted by Crippen LogP contribution is -2.18. The van der Waals surface area contributed by atoms with Crippen LogP contribution in [0.3, 0.4) is 0 Å². The van der Waals surface area contributed by atoms with E-state index in [9.17, 15) is 4.39 Å². The summed E-state index contributed by atoms with van der Waals surface area (Å²) >= 11 is 0. The van der Waals surface area contributed by atoms with Crippen molar-refractivity contribution in [2.75, 3.05) is 5.32 Å². The Morgan fingerprint density at radius 2 is 1.55 bits per heavy atom. The Balaban J connectivity index is 1.90. The van der Waals surface area contributed by atoms with Gasteiger partial charge in [-0.15, -0.1) is 0 Å². The Morgan fingerprint density at radius 3 is 2.15 bits per heavy atom. The van der Waals surface area contributed by atoms with E-state index in [1.165, 1.54) is 24.1 Å². The summed E-state index contributed by atoms with van der Waals surface area (Å²) in [7, 11) is 0. The molecule has 0 aliphatic carbocycles. The van der Waals surface area contributed by atoms with Gasteiger partial charge < -0.3 is 5.32 Å². The van der Waals surface area contributed by atoms with Crippen LogP contribution in [0, 0.1) is 5.82 Å². The summed E-state index contributed by atoms with van der Waals surface area (Å²) in [5.74, 6) is -0.180. The van der Waals surface area contributed by atoms with Crippen LogP contribution in [0.2, 0.25) is 0 Å². The zero-order chi connectivity index (χ0) is 14.4. The number of halogens is 1. The van der Waals surface area contributed by atoms with E-state index in [0.29, 0.717) is 6.04 Å². The standard InChI is InChI=1S/C18H22FN/c1-3-4-15-7-11-18(12-8-15)20-14(2)13-16-5-9-17(19)10-6-16/h5-12,14,20H,3-4,13H2,1-2H3. The lowest BCUT2D eigenvalue weighted by Gasteiger charge is -2.15. The molecule has 2 rings (SSSR count). The number of anilines is 1. The van der Waals surface area contributed by atoms with Gasteiger partial charge in [0.2, 0.25) is 0 Å². The highest BCUT2D eigenvalue weighted by Gasteiger charge is 2.04. The fourth-order valence-corrected chi connectivity index (χ4v) is 2.37. The molecule has 2 heteroatoms. The number of nitrogens with one attached hydrogen (secondary N) is 1. The zero-order valence-corrected chi connectivity index (χ0v) is 12.2. The lowest BCUT2D eigenvalue weighted by molar-refractivity contribution is 0.626. The van der Waals surface area contributed by atoms with Gasteiger partial charge in [-0.2, -0.15) is 0 Å². The fourth-order valence-electron chi connectivity index (χ4n) is 2.37. The molecule has 0 bridgehead atoms. The maximum absolute atomic E-state index is 12.9. The predicted octanol–water partition coefficient (Wildman–Crippen LogP) is 4.82. The largest absolute Gasteiger partial charge is 0.382 e. The van der Waals surface area contributed by atoms with Crippen LogP contribution in [0.4, 0.5) is 10.1 Å². The van der Waals surface area contributed by atoms with Gasteiger partial charge in [0.15, 0.2) is 0 Å². The van der Waals surface area contributed by atoms with Crippen molar-refractivity contribution in [2.45, 2.75) is 39.2 Å². The molecule has 1 atom stereocenters. The summed E-state index contributed by atoms with van der Waals surface area (Å²) in [6.45, 7) is 4.33. The molecule has 0 aliphatic rings. The molecule has 0 radical (unpaired) electrons. The summed E-state index contributed by atoms with van der Waals surface area (Å²) in [4.78, 5) is 0. The van der Waals surface area contributed by atoms with Crippen molar-refractivity contribution in [3.63, 3.8) is 0 Å². The molecule has 20 heavy (non-hydrogen) atoms. The first-order valence-corrected chi connectivity index (χ1v) is 7.27. The number of rotatable bonds is 6. The SMILES string of the molecule is CCCc1ccc(NC(C)Cc2ccc(F)cc2)cc1. The van der Waals surface area contributed by atoms with E-state index in [0.717, 1.165) is 24.1 Å². The van der Waals surface area contributed by atoms with Crippen LogP contribution in [0.15, 0.2) is 48.5 Å². The van der Waals surface area contributed by atoms with Crippen molar-refractivity contribution >= 4 is 5.69 Å². The van der Waals surface area contributed by atoms with Crippen LogP contribution >= 0.6 is 0 Å². The average Bonchev–Trinajstić information content (AvgIpc) is 2.44. The molecule has 0 spiro atoms. The van der Waals surface area contributed by atoms with Gasteiger partial charge in [0.05, 0.1) is 0 Å². The minimum atomic E-state index is -0.180. The van der Waals surface area contributed by atoms with Gasteiger partial charge in [-0.3, -0.25) is 0 Å². The average molecular weight is 271 g/mol. The van der Waals surface area contributed by atoms with E-state index in [2.05, 4.69) is 43.4 Å². The number of hydrogen-bond acceptors (Lipinski definition) is 1. The van der Waals surface area contributed by atoms with Gasteiger partial charge in [-0.1, -0.05) is 37.6 Å². The predicted molar refractivity (Wildman–Crippen MR) is 83.6 cm³/mol. The molecule has 0 amide bonds. The second-order valence-electron chi connectivity index (χ2n) is 5.32. The van der Waals surface area contributed by atoms with Crippen LogP contribution in [0.25, 0.3) is 0 Å². The summed E-state index contributed by atoms with van der Waals surface area (Å²) in [6, 6.07) is 15.7. The molecule has 1 unspecified atom stereocenters. The van der Waals surface area contributed by atoms with Crippen molar-refractivity contribution < 1.29 is 4.39 Å². The molecule has 2 aromatic rings. The summed E-state index contributed by atoms with van der Waals surface area (Å²) in [6.07, 6.45) is 3.19. The molecule has 0 heterocycles. The van der Waals surface area contributed by atoms with E-state index in [1.54, 1.807) is 0 Å². The van der Waals surface area contributed by atoms with Gasteiger partial charge >= 0.3 is 0 Å². The van der Waals surface area contributed by atoms with Gasteiger partial charge in [0.1, 0.15) is 5.82 Å². The van der Waals surface area contributed by atoms with Crippen molar-refractivity contribution in [3.05, 3.63) is 65.5 Å². The lowest BCUT2D eigenvalue weighted by atomic mass is 10.1. The molecule has 106 valence electrons. The highest BCUT2D eigenvalue weighted by molar-refractivity contribution is 5.45. The number of benzene rings is 2. The minimum absolute atomic E-state index is 0.180. The van der Waals surface area contributed by atoms with Crippen LogP contribution in [-0.2, 0) is 12.8 Å². The summed E-state index contributed by atoms with van der Waals surface area (Å²) in [5.41, 5.74) is 3.66. The third-order valence-electron chi connectivity index (χ3n) is 3.36. The van der Waals surface area contributed by atoms with Crippen molar-refractivity contribution in [3.8, 4) is 0 Å². The fraction of sp³-hybridized carbons (Fsp3) is 0.333. The summed E-state index contributed by atoms with van der Waals surface area (Å²) < 4.78 is 12.9. The molecule has 0 saturated heterocycles. The summed E-state index contributed by atoms with van der Waals surface area (Å²) in [5, 5.41) is 3.48. The number of aryl methyl sites for hydroxylation is 1. The second-order valence-corrected chi connectivity index (χ2v) is 5.32. The Hall–Kier alpha value is -1.83. The molecule has 0 aromatic heterocycles. The molecule has 0 aliphatic heterocycles. The molecule has 0 saturated carbocycles. The van der Waals surface area contributed by atoms with Gasteiger partial charge in [-0.25, -0.2) is 4.39 Å². The van der Waals surface area contributed by atoms with Gasteiger partial charge in [-0.05, 0) is 55.2 Å². The Bertz CT molecular complexity index is 516. The topological polar surface area (TPSA) is 12.0 Å². The molecular formula is C18H22FN. The zero-order valence-electron chi connectivity index (χ0n) is 12.2. The Morgan fingerprint density at radius 1 is 0.950 bits per heavy atom. The first-order chi connectivity index (χ1) is 9.67. The highest BCUT2D eigenvalue weighted by Crippen LogP contribution is 2.14. The van der Waals surface area contributed by atoms with E-state index >= 15 is 0 Å². The molecule has 1 N–H and O–H groups in total. The smallest absolute Gasteiger partial charge is 0.123 e. The molecule has 0 fully saturated rings. The van der Waals surface area contributed by atoms with Gasteiger partial charge in [0.25, 0.3) is 0 Å². The van der Waals surface area contributed by atoms with E-state index in [4.69, 9.17) is 0 Å². The molecule has 2 aromatic carbocycles. The van der Waals surface area contributed by atoms with Crippen LogP contribution in [-0.4, -0.2) is 6.04 Å². The second kappa shape index (κ2) is 7.09. The van der Waals surface area contributed by atoms with Gasteiger partial charge in [0, 0.05) is 11.7 Å². The van der Waals surface area contributed by atoms with Crippen LogP contribution < -0.4 is 5.32 Å². The van der Waals surface area contributed by atoms with E-state index in [-0.39, 0.29) is 5.82 Å². The molecule has 1 nitrogen and oxygen atoms in total. The van der Waals surface area contributed by atoms with E-state index in [1.807, 2.05) is 12.1 Å². The number of hydrogen-bond donors (Lipinski definition) is 1. The monoisotopic (exact) mass is 271 g/mol. The van der Waals surface area contributed by atoms with Crippen LogP contribution in [0.5, 0.6) is 0 Å². The quantitative estimate of drug-likeness (QED) is 0.794. The van der Waals surface area contributed by atoms with E-state index < -0.39 is 0 Å². The van der Waals surface area contributed by atoms with Crippen molar-refractivity contribution in [1.82, 2.24) is 0 Å². The first kappa shape index (κ1) is 14.6. The molecular weight excluding hydrogens is 249 g/mol. The maximum Gasteiger partial charge on any atom is 0.123 e. The van der Waals surface area contributed by atoms with Crippen LogP contribution in [0.1, 0.15) is 31.4 Å². The Labute approximate surface area is 120 Å². The highest BCUT2D eigenvalue weighted by atomic mass is 19.1. The Kier molecular flexibility index (Phi) is 5.16. The van der Waals surface area contributed by atoms with Crippen molar-refractivity contribution in [1.29, 1.82) is 0 Å². The van der Waals surface area contributed by atoms with Crippen molar-refractivity contribution in [2.24, 2.45) is 0 Å². The minimum Gasteiger partial charge on any atom is -0.382 e. The normalized spacial score (nSPS) is 12.2. The third kappa shape index (κ3) is 4.37. The first-order valence-electron chi connectivity index (χ1n) is 7.27. The maximum atomic E-state index is 12.9. The third-order valence-corrected chi connectivity index (χ3v) is 3.36.